The van der Waals surface area contributed by atoms with Crippen molar-refractivity contribution >= 4 is 17.8 Å². The smallest absolute Gasteiger partial charge is 0.337 e. The zero-order valence-electron chi connectivity index (χ0n) is 13.6. The van der Waals surface area contributed by atoms with Crippen molar-refractivity contribution in [3.8, 4) is 0 Å². The van der Waals surface area contributed by atoms with E-state index in [0.717, 1.165) is 19.8 Å². The number of carbonyl (C=O) groups is 3. The number of nitrogens with zero attached hydrogens (tertiary/aromatic N) is 1. The monoisotopic (exact) mass is 334 g/mol. The first-order valence-corrected chi connectivity index (χ1v) is 7.91. The quantitative estimate of drug-likeness (QED) is 0.710. The molecule has 7 heteroatoms. The molecular weight excluding hydrogens is 312 g/mol. The van der Waals surface area contributed by atoms with E-state index in [0.29, 0.717) is 18.5 Å². The largest absolute Gasteiger partial charge is 0.479 e. The minimum atomic E-state index is -2.07. The van der Waals surface area contributed by atoms with Gasteiger partial charge in [0.2, 0.25) is 11.8 Å². The van der Waals surface area contributed by atoms with Crippen molar-refractivity contribution in [2.24, 2.45) is 0 Å². The first-order chi connectivity index (χ1) is 11.3. The van der Waals surface area contributed by atoms with Crippen molar-refractivity contribution in [3.05, 3.63) is 35.9 Å². The predicted molar refractivity (Wildman–Crippen MR) is 86.0 cm³/mol. The fourth-order valence-corrected chi connectivity index (χ4v) is 2.64. The van der Waals surface area contributed by atoms with Gasteiger partial charge in [-0.15, -0.1) is 0 Å². The number of nitrogens with one attached hydrogen (secondary N) is 1. The molecule has 1 fully saturated rings. The first-order valence-electron chi connectivity index (χ1n) is 7.91. The SMILES string of the molecule is CC(O)(CNC(=O)C(c1ccccc1)N1CCCCC1=O)C(=O)O. The number of aliphatic hydroxyl groups is 1. The maximum atomic E-state index is 12.6. The van der Waals surface area contributed by atoms with Gasteiger partial charge in [-0.1, -0.05) is 30.3 Å². The van der Waals surface area contributed by atoms with Crippen LogP contribution in [-0.2, 0) is 14.4 Å². The van der Waals surface area contributed by atoms with E-state index in [1.165, 1.54) is 4.90 Å². The minimum Gasteiger partial charge on any atom is -0.479 e. The van der Waals surface area contributed by atoms with Crippen molar-refractivity contribution in [3.63, 3.8) is 0 Å². The summed E-state index contributed by atoms with van der Waals surface area (Å²) >= 11 is 0. The molecule has 1 aliphatic heterocycles. The Morgan fingerprint density at radius 2 is 1.96 bits per heavy atom. The van der Waals surface area contributed by atoms with Gasteiger partial charge in [0.1, 0.15) is 6.04 Å². The average molecular weight is 334 g/mol. The molecule has 2 atom stereocenters. The molecule has 1 heterocycles. The van der Waals surface area contributed by atoms with Crippen LogP contribution in [0.2, 0.25) is 0 Å². The highest BCUT2D eigenvalue weighted by Crippen LogP contribution is 2.25. The third kappa shape index (κ3) is 4.11. The third-order valence-electron chi connectivity index (χ3n) is 4.10. The highest BCUT2D eigenvalue weighted by atomic mass is 16.4. The van der Waals surface area contributed by atoms with Crippen LogP contribution in [0.1, 0.15) is 37.8 Å². The number of hydrogen-bond acceptors (Lipinski definition) is 4. The van der Waals surface area contributed by atoms with Crippen LogP contribution in [0.3, 0.4) is 0 Å². The molecule has 2 unspecified atom stereocenters. The van der Waals surface area contributed by atoms with E-state index in [9.17, 15) is 19.5 Å². The van der Waals surface area contributed by atoms with E-state index in [2.05, 4.69) is 5.32 Å². The third-order valence-corrected chi connectivity index (χ3v) is 4.10. The number of hydrogen-bond donors (Lipinski definition) is 3. The van der Waals surface area contributed by atoms with Crippen molar-refractivity contribution < 1.29 is 24.6 Å². The van der Waals surface area contributed by atoms with Gasteiger partial charge in [0.15, 0.2) is 5.60 Å². The second-order valence-corrected chi connectivity index (χ2v) is 6.15. The lowest BCUT2D eigenvalue weighted by atomic mass is 10.00. The molecule has 1 saturated heterocycles. The summed E-state index contributed by atoms with van der Waals surface area (Å²) in [6.45, 7) is 1.15. The lowest BCUT2D eigenvalue weighted by molar-refractivity contribution is -0.156. The minimum absolute atomic E-state index is 0.102. The summed E-state index contributed by atoms with van der Waals surface area (Å²) in [6, 6.07) is 8.03. The maximum Gasteiger partial charge on any atom is 0.337 e. The maximum absolute atomic E-state index is 12.6. The fourth-order valence-electron chi connectivity index (χ4n) is 2.64. The Labute approximate surface area is 140 Å². The van der Waals surface area contributed by atoms with E-state index < -0.39 is 30.1 Å². The molecule has 24 heavy (non-hydrogen) atoms. The van der Waals surface area contributed by atoms with Crippen LogP contribution < -0.4 is 5.32 Å². The van der Waals surface area contributed by atoms with Gasteiger partial charge in [0.25, 0.3) is 0 Å². The van der Waals surface area contributed by atoms with Gasteiger partial charge in [-0.05, 0) is 25.3 Å². The Kier molecular flexibility index (Phi) is 5.56. The Balaban J connectivity index is 2.21. The van der Waals surface area contributed by atoms with E-state index in [1.807, 2.05) is 6.07 Å². The molecule has 130 valence electrons. The topological polar surface area (TPSA) is 107 Å². The number of likely N-dealkylation sites (tertiary alicyclic amines) is 1. The highest BCUT2D eigenvalue weighted by Gasteiger charge is 2.35. The molecule has 0 saturated carbocycles. The van der Waals surface area contributed by atoms with Crippen LogP contribution in [0.4, 0.5) is 0 Å². The molecule has 1 aliphatic rings. The van der Waals surface area contributed by atoms with Crippen molar-refractivity contribution in [2.45, 2.75) is 37.8 Å². The molecule has 0 bridgehead atoms. The van der Waals surface area contributed by atoms with E-state index >= 15 is 0 Å². The van der Waals surface area contributed by atoms with Gasteiger partial charge in [-0.25, -0.2) is 4.79 Å². The van der Waals surface area contributed by atoms with Crippen LogP contribution in [0.5, 0.6) is 0 Å². The van der Waals surface area contributed by atoms with Crippen molar-refractivity contribution in [1.82, 2.24) is 10.2 Å². The Bertz CT molecular complexity index is 615. The van der Waals surface area contributed by atoms with Gasteiger partial charge in [-0.2, -0.15) is 0 Å². The molecule has 0 aromatic heterocycles. The van der Waals surface area contributed by atoms with Crippen molar-refractivity contribution in [2.75, 3.05) is 13.1 Å². The van der Waals surface area contributed by atoms with Crippen molar-refractivity contribution in [1.29, 1.82) is 0 Å². The number of carbonyl (C=O) groups excluding carboxylic acids is 2. The van der Waals surface area contributed by atoms with Crippen LogP contribution in [0, 0.1) is 0 Å². The number of carboxylic acid groups (broad SMARTS) is 1. The van der Waals surface area contributed by atoms with Gasteiger partial charge in [0, 0.05) is 13.0 Å². The van der Waals surface area contributed by atoms with Gasteiger partial charge < -0.3 is 20.4 Å². The summed E-state index contributed by atoms with van der Waals surface area (Å²) in [5.41, 5.74) is -1.41. The molecule has 7 nitrogen and oxygen atoms in total. The second-order valence-electron chi connectivity index (χ2n) is 6.15. The molecule has 1 aromatic carbocycles. The Morgan fingerprint density at radius 1 is 1.29 bits per heavy atom. The van der Waals surface area contributed by atoms with E-state index in [4.69, 9.17) is 5.11 Å². The molecular formula is C17H22N2O5. The Morgan fingerprint density at radius 3 is 2.54 bits per heavy atom. The molecule has 0 radical (unpaired) electrons. The van der Waals surface area contributed by atoms with Crippen LogP contribution in [0.15, 0.2) is 30.3 Å². The molecule has 1 aromatic rings. The zero-order chi connectivity index (χ0) is 17.7. The Hall–Kier alpha value is -2.41. The van der Waals surface area contributed by atoms with Crippen LogP contribution in [0.25, 0.3) is 0 Å². The fraction of sp³-hybridized carbons (Fsp3) is 0.471. The second kappa shape index (κ2) is 7.44. The van der Waals surface area contributed by atoms with E-state index in [1.54, 1.807) is 24.3 Å². The summed E-state index contributed by atoms with van der Waals surface area (Å²) in [5.74, 6) is -2.03. The first kappa shape index (κ1) is 17.9. The van der Waals surface area contributed by atoms with E-state index in [-0.39, 0.29) is 5.91 Å². The van der Waals surface area contributed by atoms with Crippen LogP contribution >= 0.6 is 0 Å². The zero-order valence-corrected chi connectivity index (χ0v) is 13.6. The van der Waals surface area contributed by atoms with Crippen LogP contribution in [-0.4, -0.2) is 51.6 Å². The normalized spacial score (nSPS) is 18.6. The molecule has 0 spiro atoms. The lowest BCUT2D eigenvalue weighted by Crippen LogP contribution is -2.51. The van der Waals surface area contributed by atoms with Gasteiger partial charge in [-0.3, -0.25) is 9.59 Å². The molecule has 0 aliphatic carbocycles. The summed E-state index contributed by atoms with van der Waals surface area (Å²) in [6.07, 6.45) is 2.00. The summed E-state index contributed by atoms with van der Waals surface area (Å²) < 4.78 is 0. The lowest BCUT2D eigenvalue weighted by Gasteiger charge is -2.34. The standard InChI is InChI=1S/C17H22N2O5/c1-17(24,16(22)23)11-18-15(21)14(12-7-3-2-4-8-12)19-10-6-5-9-13(19)20/h2-4,7-8,14,24H,5-6,9-11H2,1H3,(H,18,21)(H,22,23). The molecule has 3 N–H and O–H groups in total. The molecule has 2 rings (SSSR count). The number of rotatable bonds is 6. The number of carboxylic acids is 1. The predicted octanol–water partition coefficient (Wildman–Crippen LogP) is 0.692. The highest BCUT2D eigenvalue weighted by molar-refractivity contribution is 5.89. The summed E-state index contributed by atoms with van der Waals surface area (Å²) in [4.78, 5) is 37.4. The number of piperidine rings is 1. The number of benzene rings is 1. The molecule has 2 amide bonds. The summed E-state index contributed by atoms with van der Waals surface area (Å²) in [5, 5.41) is 21.2. The van der Waals surface area contributed by atoms with Gasteiger partial charge in [0.05, 0.1) is 6.54 Å². The number of amides is 2. The average Bonchev–Trinajstić information content (AvgIpc) is 2.56. The summed E-state index contributed by atoms with van der Waals surface area (Å²) in [7, 11) is 0. The number of aliphatic carboxylic acids is 1. The van der Waals surface area contributed by atoms with Gasteiger partial charge >= 0.3 is 5.97 Å².